The van der Waals surface area contributed by atoms with E-state index in [2.05, 4.69) is 5.16 Å². The predicted octanol–water partition coefficient (Wildman–Crippen LogP) is 3.89. The van der Waals surface area contributed by atoms with E-state index in [1.807, 2.05) is 0 Å². The van der Waals surface area contributed by atoms with Crippen LogP contribution >= 0.6 is 11.6 Å². The molecule has 0 saturated carbocycles. The Bertz CT molecular complexity index is 732. The predicted molar refractivity (Wildman–Crippen MR) is 75.6 cm³/mol. The molecule has 7 heteroatoms. The molecule has 1 aromatic heterocycles. The molecule has 1 saturated heterocycles. The third-order valence-corrected chi connectivity index (χ3v) is 4.05. The first kappa shape index (κ1) is 15.0. The van der Waals surface area contributed by atoms with Crippen molar-refractivity contribution in [3.8, 4) is 0 Å². The molecule has 1 aliphatic heterocycles. The largest absolute Gasteiger partial charge is 0.361 e. The quantitative estimate of drug-likeness (QED) is 0.786. The topological polar surface area (TPSA) is 46.3 Å². The van der Waals surface area contributed by atoms with E-state index in [1.165, 1.54) is 0 Å². The van der Waals surface area contributed by atoms with Crippen molar-refractivity contribution in [2.45, 2.75) is 25.8 Å². The van der Waals surface area contributed by atoms with E-state index in [9.17, 15) is 13.6 Å². The summed E-state index contributed by atoms with van der Waals surface area (Å²) < 4.78 is 31.6. The summed E-state index contributed by atoms with van der Waals surface area (Å²) in [7, 11) is 0. The van der Waals surface area contributed by atoms with Crippen molar-refractivity contribution in [3.05, 3.63) is 51.9 Å². The molecule has 1 amide bonds. The normalized spacial score (nSPS) is 18.0. The van der Waals surface area contributed by atoms with Crippen LogP contribution in [0.3, 0.4) is 0 Å². The molecular weight excluding hydrogens is 314 g/mol. The number of halogens is 3. The van der Waals surface area contributed by atoms with Crippen LogP contribution in [-0.2, 0) is 0 Å². The lowest BCUT2D eigenvalue weighted by Gasteiger charge is -2.23. The summed E-state index contributed by atoms with van der Waals surface area (Å²) in [4.78, 5) is 14.2. The molecule has 0 N–H and O–H groups in total. The van der Waals surface area contributed by atoms with Gasteiger partial charge in [-0.2, -0.15) is 0 Å². The molecule has 116 valence electrons. The highest BCUT2D eigenvalue weighted by atomic mass is 35.5. The number of aryl methyl sites for hydroxylation is 1. The maximum absolute atomic E-state index is 13.4. The first-order chi connectivity index (χ1) is 10.5. The zero-order valence-corrected chi connectivity index (χ0v) is 12.5. The zero-order chi connectivity index (χ0) is 15.9. The van der Waals surface area contributed by atoms with Crippen LogP contribution in [0, 0.1) is 18.6 Å². The molecule has 4 nitrogen and oxygen atoms in total. The minimum atomic E-state index is -1.10. The average Bonchev–Trinajstić information content (AvgIpc) is 3.10. The van der Waals surface area contributed by atoms with E-state index in [4.69, 9.17) is 16.1 Å². The van der Waals surface area contributed by atoms with Gasteiger partial charge in [-0.05, 0) is 31.9 Å². The fraction of sp³-hybridized carbons (Fsp3) is 0.333. The van der Waals surface area contributed by atoms with Gasteiger partial charge < -0.3 is 9.42 Å². The Hall–Kier alpha value is -1.95. The van der Waals surface area contributed by atoms with Gasteiger partial charge in [0.2, 0.25) is 0 Å². The lowest BCUT2D eigenvalue weighted by atomic mass is 10.1. The monoisotopic (exact) mass is 326 g/mol. The summed E-state index contributed by atoms with van der Waals surface area (Å²) in [5.74, 6) is -1.96. The van der Waals surface area contributed by atoms with Crippen LogP contribution in [0.2, 0.25) is 5.02 Å². The van der Waals surface area contributed by atoms with E-state index in [0.717, 1.165) is 25.0 Å². The van der Waals surface area contributed by atoms with Crippen molar-refractivity contribution < 1.29 is 18.1 Å². The molecule has 2 heterocycles. The second-order valence-corrected chi connectivity index (χ2v) is 5.67. The molecule has 2 aromatic rings. The minimum Gasteiger partial charge on any atom is -0.361 e. The number of nitrogens with zero attached hydrogens (tertiary/aromatic N) is 2. The number of amides is 1. The molecule has 1 aromatic carbocycles. The van der Waals surface area contributed by atoms with Gasteiger partial charge in [0, 0.05) is 12.6 Å². The summed E-state index contributed by atoms with van der Waals surface area (Å²) in [5, 5.41) is 3.84. The van der Waals surface area contributed by atoms with Crippen molar-refractivity contribution in [3.63, 3.8) is 0 Å². The number of rotatable bonds is 2. The highest BCUT2D eigenvalue weighted by Crippen LogP contribution is 2.34. The van der Waals surface area contributed by atoms with Crippen LogP contribution in [0.25, 0.3) is 0 Å². The second-order valence-electron chi connectivity index (χ2n) is 5.27. The minimum absolute atomic E-state index is 0.0484. The number of likely N-dealkylation sites (tertiary alicyclic amines) is 1. The third-order valence-electron chi connectivity index (χ3n) is 3.74. The lowest BCUT2D eigenvalue weighted by molar-refractivity contribution is 0.0730. The zero-order valence-electron chi connectivity index (χ0n) is 11.8. The van der Waals surface area contributed by atoms with E-state index in [-0.39, 0.29) is 16.6 Å². The number of hydrogen-bond acceptors (Lipinski definition) is 3. The van der Waals surface area contributed by atoms with Crippen molar-refractivity contribution >= 4 is 17.5 Å². The van der Waals surface area contributed by atoms with Gasteiger partial charge in [0.25, 0.3) is 5.91 Å². The molecule has 3 rings (SSSR count). The van der Waals surface area contributed by atoms with Gasteiger partial charge in [-0.15, -0.1) is 0 Å². The first-order valence-corrected chi connectivity index (χ1v) is 7.24. The van der Waals surface area contributed by atoms with E-state index >= 15 is 0 Å². The first-order valence-electron chi connectivity index (χ1n) is 6.86. The average molecular weight is 327 g/mol. The van der Waals surface area contributed by atoms with Crippen molar-refractivity contribution in [2.75, 3.05) is 6.54 Å². The Morgan fingerprint density at radius 1 is 1.36 bits per heavy atom. The Morgan fingerprint density at radius 3 is 2.77 bits per heavy atom. The fourth-order valence-electron chi connectivity index (χ4n) is 2.70. The maximum Gasteiger partial charge on any atom is 0.256 e. The van der Waals surface area contributed by atoms with Crippen LogP contribution in [0.15, 0.2) is 22.7 Å². The molecule has 1 aliphatic rings. The molecular formula is C15H13ClF2N2O2. The van der Waals surface area contributed by atoms with Gasteiger partial charge >= 0.3 is 0 Å². The molecule has 1 atom stereocenters. The van der Waals surface area contributed by atoms with E-state index < -0.39 is 17.5 Å². The summed E-state index contributed by atoms with van der Waals surface area (Å²) in [5.41, 5.74) is 0.606. The van der Waals surface area contributed by atoms with Gasteiger partial charge in [0.15, 0.2) is 11.6 Å². The van der Waals surface area contributed by atoms with Gasteiger partial charge in [-0.25, -0.2) is 8.78 Å². The number of carbonyl (C=O) groups excluding carboxylic acids is 1. The summed E-state index contributed by atoms with van der Waals surface area (Å²) >= 11 is 5.88. The molecule has 0 spiro atoms. The Kier molecular flexibility index (Phi) is 3.87. The second kappa shape index (κ2) is 5.68. The van der Waals surface area contributed by atoms with Crippen molar-refractivity contribution in [1.29, 1.82) is 0 Å². The Balaban J connectivity index is 1.92. The molecule has 0 radical (unpaired) electrons. The van der Waals surface area contributed by atoms with Gasteiger partial charge in [0.05, 0.1) is 16.6 Å². The maximum atomic E-state index is 13.4. The SMILES string of the molecule is Cc1cc([C@@H]2CCCN2C(=O)c2cc(F)c(F)cc2Cl)no1. The van der Waals surface area contributed by atoms with Crippen LogP contribution < -0.4 is 0 Å². The van der Waals surface area contributed by atoms with Crippen molar-refractivity contribution in [2.24, 2.45) is 0 Å². The van der Waals surface area contributed by atoms with Crippen LogP contribution in [0.4, 0.5) is 8.78 Å². The van der Waals surface area contributed by atoms with Gasteiger partial charge in [-0.1, -0.05) is 16.8 Å². The van der Waals surface area contributed by atoms with Gasteiger partial charge in [0.1, 0.15) is 11.5 Å². The third kappa shape index (κ3) is 2.59. The summed E-state index contributed by atoms with van der Waals surface area (Å²) in [6.45, 7) is 2.27. The van der Waals surface area contributed by atoms with E-state index in [1.54, 1.807) is 17.9 Å². The highest BCUT2D eigenvalue weighted by Gasteiger charge is 2.33. The Morgan fingerprint density at radius 2 is 2.09 bits per heavy atom. The standard InChI is InChI=1S/C15H13ClF2N2O2/c1-8-5-13(19-22-8)14-3-2-4-20(14)15(21)9-6-11(17)12(18)7-10(9)16/h5-7,14H,2-4H2,1H3/t14-/m0/s1. The summed E-state index contributed by atoms with van der Waals surface area (Å²) in [6, 6.07) is 3.18. The van der Waals surface area contributed by atoms with Crippen molar-refractivity contribution in [1.82, 2.24) is 10.1 Å². The summed E-state index contributed by atoms with van der Waals surface area (Å²) in [6.07, 6.45) is 1.53. The van der Waals surface area contributed by atoms with Crippen LogP contribution in [0.5, 0.6) is 0 Å². The number of hydrogen-bond donors (Lipinski definition) is 0. The molecule has 0 unspecified atom stereocenters. The number of aromatic nitrogens is 1. The Labute approximate surface area is 130 Å². The number of benzene rings is 1. The van der Waals surface area contributed by atoms with Crippen LogP contribution in [-0.4, -0.2) is 22.5 Å². The fourth-order valence-corrected chi connectivity index (χ4v) is 2.93. The number of carbonyl (C=O) groups is 1. The van der Waals surface area contributed by atoms with Crippen LogP contribution in [0.1, 0.15) is 40.7 Å². The molecule has 0 bridgehead atoms. The molecule has 0 aliphatic carbocycles. The van der Waals surface area contributed by atoms with Gasteiger partial charge in [-0.3, -0.25) is 4.79 Å². The molecule has 22 heavy (non-hydrogen) atoms. The highest BCUT2D eigenvalue weighted by molar-refractivity contribution is 6.33. The lowest BCUT2D eigenvalue weighted by Crippen LogP contribution is -2.31. The van der Waals surface area contributed by atoms with E-state index in [0.29, 0.717) is 18.0 Å². The smallest absolute Gasteiger partial charge is 0.256 e. The molecule has 1 fully saturated rings.